The van der Waals surface area contributed by atoms with Gasteiger partial charge in [0.05, 0.1) is 17.7 Å². The third kappa shape index (κ3) is 4.28. The summed E-state index contributed by atoms with van der Waals surface area (Å²) in [5.41, 5.74) is -1.24. The van der Waals surface area contributed by atoms with E-state index in [1.807, 2.05) is 0 Å². The van der Waals surface area contributed by atoms with Crippen LogP contribution < -0.4 is 0 Å². The lowest BCUT2D eigenvalue weighted by Gasteiger charge is -2.41. The highest BCUT2D eigenvalue weighted by Gasteiger charge is 2.93. The summed E-state index contributed by atoms with van der Waals surface area (Å²) < 4.78 is 197. The van der Waals surface area contributed by atoms with E-state index in [1.54, 1.807) is 0 Å². The fraction of sp³-hybridized carbons (Fsp3) is 0.562. The number of nitrogens with zero attached hydrogens (tertiary/aromatic N) is 1. The Balaban J connectivity index is 3.46. The molecular weight excluding hydrogens is 507 g/mol. The molecule has 1 N–H and O–H groups in total. The Kier molecular flexibility index (Phi) is 7.06. The van der Waals surface area contributed by atoms with Gasteiger partial charge in [-0.2, -0.15) is 71.1 Å². The fourth-order valence-electron chi connectivity index (χ4n) is 2.30. The molecule has 1 atom stereocenters. The van der Waals surface area contributed by atoms with Crippen LogP contribution in [0.5, 0.6) is 0 Å². The maximum absolute atomic E-state index is 13.8. The number of alkyl halides is 15. The number of halogens is 15. The van der Waals surface area contributed by atoms with Gasteiger partial charge in [0.15, 0.2) is 0 Å². The molecule has 0 bridgehead atoms. The Morgan fingerprint density at radius 1 is 0.697 bits per heavy atom. The molecule has 0 fully saturated rings. The monoisotopic (exact) mass is 515 g/mol. The van der Waals surface area contributed by atoms with Gasteiger partial charge < -0.3 is 5.11 Å². The molecule has 0 radical (unpaired) electrons. The van der Waals surface area contributed by atoms with Crippen LogP contribution >= 0.6 is 0 Å². The van der Waals surface area contributed by atoms with Gasteiger partial charge in [0, 0.05) is 6.42 Å². The van der Waals surface area contributed by atoms with Crippen molar-refractivity contribution < 1.29 is 71.0 Å². The summed E-state index contributed by atoms with van der Waals surface area (Å²) in [5, 5.41) is 18.1. The van der Waals surface area contributed by atoms with Gasteiger partial charge in [-0.1, -0.05) is 12.1 Å². The highest BCUT2D eigenvalue weighted by atomic mass is 19.4. The van der Waals surface area contributed by atoms with Crippen molar-refractivity contribution in [3.05, 3.63) is 35.4 Å². The first kappa shape index (κ1) is 28.7. The SMILES string of the molecule is N#Cc1cccc(C(O)CC(F)(F)C(F)(F)C(F)(F)C(F)(F)C(F)(F)C(F)(F)C(F)(F)F)c1. The van der Waals surface area contributed by atoms with Gasteiger partial charge >= 0.3 is 41.7 Å². The second-order valence-electron chi connectivity index (χ2n) is 6.53. The van der Waals surface area contributed by atoms with Crippen molar-refractivity contribution in [3.8, 4) is 6.07 Å². The molecule has 2 nitrogen and oxygen atoms in total. The minimum Gasteiger partial charge on any atom is -0.388 e. The summed E-state index contributed by atoms with van der Waals surface area (Å²) in [6.07, 6.45) is -13.5. The van der Waals surface area contributed by atoms with Crippen LogP contribution in [0, 0.1) is 11.3 Å². The van der Waals surface area contributed by atoms with Gasteiger partial charge in [-0.15, -0.1) is 0 Å². The normalized spacial score (nSPS) is 15.8. The molecule has 0 aliphatic rings. The Labute approximate surface area is 173 Å². The lowest BCUT2D eigenvalue weighted by atomic mass is 9.88. The van der Waals surface area contributed by atoms with E-state index in [2.05, 4.69) is 0 Å². The van der Waals surface area contributed by atoms with E-state index >= 15 is 0 Å². The van der Waals surface area contributed by atoms with Crippen LogP contribution in [0.1, 0.15) is 23.7 Å². The van der Waals surface area contributed by atoms with Crippen LogP contribution in [0.3, 0.4) is 0 Å². The Bertz CT molecular complexity index is 900. The molecule has 1 rings (SSSR count). The predicted octanol–water partition coefficient (Wildman–Crippen LogP) is 6.36. The van der Waals surface area contributed by atoms with Crippen LogP contribution in [0.4, 0.5) is 65.9 Å². The lowest BCUT2D eigenvalue weighted by molar-refractivity contribution is -0.453. The molecule has 0 saturated carbocycles. The van der Waals surface area contributed by atoms with Crippen LogP contribution in [0.2, 0.25) is 0 Å². The number of aliphatic hydroxyl groups is 1. The zero-order valence-corrected chi connectivity index (χ0v) is 15.2. The number of hydrogen-bond acceptors (Lipinski definition) is 2. The minimum atomic E-state index is -8.38. The molecule has 0 aliphatic carbocycles. The maximum atomic E-state index is 13.8. The van der Waals surface area contributed by atoms with Crippen LogP contribution in [0.25, 0.3) is 0 Å². The molecule has 0 amide bonds. The predicted molar refractivity (Wildman–Crippen MR) is 76.5 cm³/mol. The Morgan fingerprint density at radius 3 is 1.55 bits per heavy atom. The third-order valence-corrected chi connectivity index (χ3v) is 4.24. The van der Waals surface area contributed by atoms with Crippen molar-refractivity contribution in [2.45, 2.75) is 54.2 Å². The summed E-state index contributed by atoms with van der Waals surface area (Å²) in [6, 6.07) is 4.48. The number of benzene rings is 1. The minimum absolute atomic E-state index is 0.396. The van der Waals surface area contributed by atoms with Gasteiger partial charge in [-0.25, -0.2) is 0 Å². The molecule has 1 aromatic rings. The highest BCUT2D eigenvalue weighted by molar-refractivity contribution is 5.34. The number of aliphatic hydroxyl groups excluding tert-OH is 1. The summed E-state index contributed by atoms with van der Waals surface area (Å²) >= 11 is 0. The van der Waals surface area contributed by atoms with E-state index < -0.39 is 65.4 Å². The molecular formula is C16H8F15NO. The summed E-state index contributed by atoms with van der Waals surface area (Å²) in [4.78, 5) is 0. The molecule has 0 heterocycles. The molecule has 0 spiro atoms. The zero-order chi connectivity index (χ0) is 26.5. The van der Waals surface area contributed by atoms with Crippen molar-refractivity contribution in [1.82, 2.24) is 0 Å². The molecule has 0 saturated heterocycles. The fourth-order valence-corrected chi connectivity index (χ4v) is 2.30. The molecule has 1 unspecified atom stereocenters. The summed E-state index contributed by atoms with van der Waals surface area (Å²) in [5.74, 6) is -47.2. The molecule has 0 aliphatic heterocycles. The molecule has 17 heteroatoms. The molecule has 1 aromatic carbocycles. The van der Waals surface area contributed by atoms with Crippen molar-refractivity contribution in [2.24, 2.45) is 0 Å². The van der Waals surface area contributed by atoms with Crippen molar-refractivity contribution >= 4 is 0 Å². The summed E-state index contributed by atoms with van der Waals surface area (Å²) in [6.45, 7) is 0. The van der Waals surface area contributed by atoms with Crippen molar-refractivity contribution in [1.29, 1.82) is 5.26 Å². The van der Waals surface area contributed by atoms with E-state index in [9.17, 15) is 71.0 Å². The second-order valence-corrected chi connectivity index (χ2v) is 6.53. The average Bonchev–Trinajstić information content (AvgIpc) is 2.65. The smallest absolute Gasteiger partial charge is 0.388 e. The van der Waals surface area contributed by atoms with Crippen molar-refractivity contribution in [2.75, 3.05) is 0 Å². The van der Waals surface area contributed by atoms with E-state index in [0.29, 0.717) is 12.1 Å². The first-order valence-corrected chi connectivity index (χ1v) is 7.94. The van der Waals surface area contributed by atoms with Crippen LogP contribution in [-0.4, -0.2) is 46.8 Å². The Morgan fingerprint density at radius 2 is 1.12 bits per heavy atom. The van der Waals surface area contributed by atoms with Crippen LogP contribution in [-0.2, 0) is 0 Å². The highest BCUT2D eigenvalue weighted by Crippen LogP contribution is 2.63. The van der Waals surface area contributed by atoms with Crippen molar-refractivity contribution in [3.63, 3.8) is 0 Å². The number of nitriles is 1. The number of rotatable bonds is 8. The molecule has 188 valence electrons. The molecule has 33 heavy (non-hydrogen) atoms. The standard InChI is InChI=1S/C16H8F15NO/c17-10(18,5-9(33)8-3-1-2-7(4-8)6-32)11(19,20)12(21,22)13(23,24)14(25,26)15(27,28)16(29,30)31/h1-4,9,33H,5H2. The van der Waals surface area contributed by atoms with Gasteiger partial charge in [0.2, 0.25) is 0 Å². The quantitative estimate of drug-likeness (QED) is 0.410. The van der Waals surface area contributed by atoms with E-state index in [4.69, 9.17) is 5.26 Å². The number of hydrogen-bond donors (Lipinski definition) is 1. The van der Waals surface area contributed by atoms with E-state index in [-0.39, 0.29) is 0 Å². The Hall–Kier alpha value is -2.38. The second kappa shape index (κ2) is 8.13. The van der Waals surface area contributed by atoms with E-state index in [1.165, 1.54) is 6.07 Å². The molecule has 0 aromatic heterocycles. The van der Waals surface area contributed by atoms with Gasteiger partial charge in [-0.3, -0.25) is 0 Å². The van der Waals surface area contributed by atoms with Crippen LogP contribution in [0.15, 0.2) is 24.3 Å². The lowest BCUT2D eigenvalue weighted by Crippen LogP contribution is -2.72. The third-order valence-electron chi connectivity index (χ3n) is 4.24. The van der Waals surface area contributed by atoms with Gasteiger partial charge in [0.1, 0.15) is 0 Å². The summed E-state index contributed by atoms with van der Waals surface area (Å²) in [7, 11) is 0. The van der Waals surface area contributed by atoms with Gasteiger partial charge in [0.25, 0.3) is 0 Å². The first-order valence-electron chi connectivity index (χ1n) is 7.94. The topological polar surface area (TPSA) is 44.0 Å². The largest absolute Gasteiger partial charge is 0.460 e. The zero-order valence-electron chi connectivity index (χ0n) is 15.2. The maximum Gasteiger partial charge on any atom is 0.460 e. The first-order chi connectivity index (χ1) is 14.4. The van der Waals surface area contributed by atoms with E-state index in [0.717, 1.165) is 12.1 Å². The average molecular weight is 515 g/mol. The van der Waals surface area contributed by atoms with Gasteiger partial charge in [-0.05, 0) is 17.7 Å².